The van der Waals surface area contributed by atoms with Crippen LogP contribution < -0.4 is 0 Å². The number of hydrogen-bond donors (Lipinski definition) is 0. The first-order chi connectivity index (χ1) is 4.87. The highest BCUT2D eigenvalue weighted by Crippen LogP contribution is 2.09. The maximum absolute atomic E-state index is 11.1. The van der Waals surface area contributed by atoms with Crippen molar-refractivity contribution >= 4 is 5.97 Å². The number of rotatable bonds is 1. The third-order valence-electron chi connectivity index (χ3n) is 1.15. The molecule has 0 N–H and O–H groups in total. The molecule has 0 spiro atoms. The maximum atomic E-state index is 11.1. The zero-order chi connectivity index (χ0) is 9.07. The van der Waals surface area contributed by atoms with Crippen LogP contribution in [-0.2, 0) is 9.53 Å². The van der Waals surface area contributed by atoms with E-state index in [1.807, 2.05) is 27.7 Å². The van der Waals surface area contributed by atoms with Crippen molar-refractivity contribution in [3.63, 3.8) is 0 Å². The fourth-order valence-electron chi connectivity index (χ4n) is 0.476. The Bertz CT molecular complexity index is 172. The van der Waals surface area contributed by atoms with Crippen LogP contribution in [0.3, 0.4) is 0 Å². The predicted molar refractivity (Wildman–Crippen MR) is 45.3 cm³/mol. The third-order valence-corrected chi connectivity index (χ3v) is 1.15. The predicted octanol–water partition coefficient (Wildman–Crippen LogP) is 2.29. The Labute approximate surface area is 68.2 Å². The molecule has 64 valence electrons. The molecule has 0 bridgehead atoms. The van der Waals surface area contributed by atoms with Crippen LogP contribution in [0.1, 0.15) is 34.6 Å². The molecule has 2 heteroatoms. The van der Waals surface area contributed by atoms with Crippen LogP contribution in [0.4, 0.5) is 0 Å². The molecule has 0 aromatic heterocycles. The molecule has 0 aliphatic heterocycles. The molecule has 0 aromatic carbocycles. The second-order valence-corrected chi connectivity index (χ2v) is 3.47. The molecule has 0 radical (unpaired) electrons. The summed E-state index contributed by atoms with van der Waals surface area (Å²) in [6.07, 6.45) is 1.74. The molecule has 0 amide bonds. The average molecular weight is 156 g/mol. The lowest BCUT2D eigenvalue weighted by atomic mass is 10.2. The van der Waals surface area contributed by atoms with Crippen molar-refractivity contribution in [3.05, 3.63) is 11.6 Å². The van der Waals surface area contributed by atoms with Gasteiger partial charge in [-0.25, -0.2) is 4.79 Å². The highest BCUT2D eigenvalue weighted by atomic mass is 16.6. The summed E-state index contributed by atoms with van der Waals surface area (Å²) in [7, 11) is 0. The van der Waals surface area contributed by atoms with E-state index in [-0.39, 0.29) is 11.6 Å². The molecule has 0 atom stereocenters. The van der Waals surface area contributed by atoms with Crippen molar-refractivity contribution in [2.45, 2.75) is 40.2 Å². The van der Waals surface area contributed by atoms with E-state index < -0.39 is 0 Å². The Kier molecular flexibility index (Phi) is 3.30. The van der Waals surface area contributed by atoms with Gasteiger partial charge in [0.05, 0.1) is 0 Å². The quantitative estimate of drug-likeness (QED) is 0.430. The lowest BCUT2D eigenvalue weighted by Gasteiger charge is -2.19. The average Bonchev–Trinajstić information content (AvgIpc) is 1.82. The molecule has 0 saturated carbocycles. The summed E-state index contributed by atoms with van der Waals surface area (Å²) in [6.45, 7) is 9.13. The monoisotopic (exact) mass is 156 g/mol. The van der Waals surface area contributed by atoms with E-state index in [1.54, 1.807) is 13.0 Å². The summed E-state index contributed by atoms with van der Waals surface area (Å²) in [5.41, 5.74) is 0.265. The first kappa shape index (κ1) is 10.2. The Morgan fingerprint density at radius 3 is 2.09 bits per heavy atom. The molecule has 0 heterocycles. The van der Waals surface area contributed by atoms with E-state index in [4.69, 9.17) is 4.74 Å². The van der Waals surface area contributed by atoms with Gasteiger partial charge in [0.25, 0.3) is 0 Å². The van der Waals surface area contributed by atoms with Gasteiger partial charge in [-0.2, -0.15) is 0 Å². The van der Waals surface area contributed by atoms with E-state index in [0.29, 0.717) is 5.57 Å². The van der Waals surface area contributed by atoms with Crippen LogP contribution in [0.15, 0.2) is 11.6 Å². The Morgan fingerprint density at radius 1 is 1.36 bits per heavy atom. The fourth-order valence-corrected chi connectivity index (χ4v) is 0.476. The first-order valence-electron chi connectivity index (χ1n) is 3.73. The van der Waals surface area contributed by atoms with Gasteiger partial charge in [-0.15, -0.1) is 0 Å². The molecule has 0 fully saturated rings. The summed E-state index contributed by atoms with van der Waals surface area (Å²) >= 11 is 0. The largest absolute Gasteiger partial charge is 0.457 e. The Balaban J connectivity index is 4.10. The van der Waals surface area contributed by atoms with Gasteiger partial charge in [0, 0.05) is 5.57 Å². The number of esters is 1. The molecule has 2 nitrogen and oxygen atoms in total. The Hall–Kier alpha value is -0.790. The number of ether oxygens (including phenoxy) is 1. The van der Waals surface area contributed by atoms with E-state index in [1.165, 1.54) is 0 Å². The van der Waals surface area contributed by atoms with Gasteiger partial charge in [0.15, 0.2) is 0 Å². The number of carbonyl (C=O) groups is 1. The standard InChI is InChI=1S/C9H16O2/c1-6-7(2)8(10)11-9(3,4)5/h6H,1-5H3/b7-6+. The van der Waals surface area contributed by atoms with Crippen LogP contribution in [0.2, 0.25) is 0 Å². The van der Waals surface area contributed by atoms with E-state index >= 15 is 0 Å². The van der Waals surface area contributed by atoms with Crippen molar-refractivity contribution < 1.29 is 9.53 Å². The van der Waals surface area contributed by atoms with Crippen LogP contribution in [0.25, 0.3) is 0 Å². The van der Waals surface area contributed by atoms with E-state index in [9.17, 15) is 4.79 Å². The molecule has 0 aromatic rings. The molecule has 0 rings (SSSR count). The van der Waals surface area contributed by atoms with Gasteiger partial charge >= 0.3 is 5.97 Å². The first-order valence-corrected chi connectivity index (χ1v) is 3.73. The summed E-state index contributed by atoms with van der Waals surface area (Å²) in [4.78, 5) is 11.1. The lowest BCUT2D eigenvalue weighted by Crippen LogP contribution is -2.24. The van der Waals surface area contributed by atoms with Crippen molar-refractivity contribution in [2.24, 2.45) is 0 Å². The molecule has 0 aliphatic carbocycles. The van der Waals surface area contributed by atoms with E-state index in [0.717, 1.165) is 0 Å². The van der Waals surface area contributed by atoms with Crippen molar-refractivity contribution in [2.75, 3.05) is 0 Å². The van der Waals surface area contributed by atoms with Crippen LogP contribution in [0, 0.1) is 0 Å². The van der Waals surface area contributed by atoms with Crippen LogP contribution >= 0.6 is 0 Å². The molecule has 0 unspecified atom stereocenters. The number of carbonyl (C=O) groups excluding carboxylic acids is 1. The normalized spacial score (nSPS) is 13.0. The molecule has 0 saturated heterocycles. The van der Waals surface area contributed by atoms with Gasteiger partial charge in [-0.05, 0) is 34.6 Å². The minimum atomic E-state index is -0.388. The van der Waals surface area contributed by atoms with Gasteiger partial charge in [-0.3, -0.25) is 0 Å². The molecular formula is C9H16O2. The minimum Gasteiger partial charge on any atom is -0.457 e. The molecule has 11 heavy (non-hydrogen) atoms. The highest BCUT2D eigenvalue weighted by Gasteiger charge is 2.16. The summed E-state index contributed by atoms with van der Waals surface area (Å²) in [6, 6.07) is 0. The van der Waals surface area contributed by atoms with Crippen molar-refractivity contribution in [1.29, 1.82) is 0 Å². The lowest BCUT2D eigenvalue weighted by molar-refractivity contribution is -0.149. The zero-order valence-electron chi connectivity index (χ0n) is 7.89. The van der Waals surface area contributed by atoms with Crippen LogP contribution in [-0.4, -0.2) is 11.6 Å². The van der Waals surface area contributed by atoms with Crippen molar-refractivity contribution in [3.8, 4) is 0 Å². The van der Waals surface area contributed by atoms with Gasteiger partial charge in [0.1, 0.15) is 5.60 Å². The smallest absolute Gasteiger partial charge is 0.333 e. The number of allylic oxidation sites excluding steroid dienone is 1. The fraction of sp³-hybridized carbons (Fsp3) is 0.667. The summed E-state index contributed by atoms with van der Waals surface area (Å²) in [5, 5.41) is 0. The zero-order valence-corrected chi connectivity index (χ0v) is 7.89. The van der Waals surface area contributed by atoms with Crippen LogP contribution in [0.5, 0.6) is 0 Å². The third kappa shape index (κ3) is 4.59. The van der Waals surface area contributed by atoms with Gasteiger partial charge < -0.3 is 4.74 Å². The SMILES string of the molecule is C/C=C(\C)C(=O)OC(C)(C)C. The van der Waals surface area contributed by atoms with E-state index in [2.05, 4.69) is 0 Å². The maximum Gasteiger partial charge on any atom is 0.333 e. The second-order valence-electron chi connectivity index (χ2n) is 3.47. The molecule has 0 aliphatic rings. The topological polar surface area (TPSA) is 26.3 Å². The summed E-state index contributed by atoms with van der Waals surface area (Å²) in [5.74, 6) is -0.236. The number of hydrogen-bond acceptors (Lipinski definition) is 2. The minimum absolute atomic E-state index is 0.236. The van der Waals surface area contributed by atoms with Gasteiger partial charge in [-0.1, -0.05) is 6.08 Å². The summed E-state index contributed by atoms with van der Waals surface area (Å²) < 4.78 is 5.08. The van der Waals surface area contributed by atoms with Gasteiger partial charge in [0.2, 0.25) is 0 Å². The van der Waals surface area contributed by atoms with Crippen molar-refractivity contribution in [1.82, 2.24) is 0 Å². The second kappa shape index (κ2) is 3.56. The Morgan fingerprint density at radius 2 is 1.82 bits per heavy atom. The molecular weight excluding hydrogens is 140 g/mol. The highest BCUT2D eigenvalue weighted by molar-refractivity contribution is 5.87.